The van der Waals surface area contributed by atoms with Crippen LogP contribution in [0.4, 0.5) is 0 Å². The van der Waals surface area contributed by atoms with E-state index in [1.54, 1.807) is 13.8 Å². The van der Waals surface area contributed by atoms with Gasteiger partial charge in [-0.15, -0.1) is 0 Å². The van der Waals surface area contributed by atoms with Gasteiger partial charge in [-0.2, -0.15) is 0 Å². The van der Waals surface area contributed by atoms with Gasteiger partial charge in [-0.3, -0.25) is 4.79 Å². The van der Waals surface area contributed by atoms with Crippen LogP contribution in [0.25, 0.3) is 0 Å². The Balaban J connectivity index is 2.67. The van der Waals surface area contributed by atoms with Gasteiger partial charge in [0.15, 0.2) is 0 Å². The lowest BCUT2D eigenvalue weighted by molar-refractivity contribution is -0.151. The molecule has 0 N–H and O–H groups in total. The highest BCUT2D eigenvalue weighted by molar-refractivity contribution is 5.89. The Morgan fingerprint density at radius 2 is 2.19 bits per heavy atom. The zero-order valence-corrected chi connectivity index (χ0v) is 9.74. The van der Waals surface area contributed by atoms with Crippen LogP contribution in [0.15, 0.2) is 11.3 Å². The summed E-state index contributed by atoms with van der Waals surface area (Å²) < 4.78 is 15.2. The van der Waals surface area contributed by atoms with Gasteiger partial charge in [0.1, 0.15) is 18.5 Å². The predicted molar refractivity (Wildman–Crippen MR) is 55.5 cm³/mol. The lowest BCUT2D eigenvalue weighted by Crippen LogP contribution is -2.29. The number of carbonyl (C=O) groups excluding carboxylic acids is 2. The second-order valence-electron chi connectivity index (χ2n) is 3.50. The molecule has 5 nitrogen and oxygen atoms in total. The van der Waals surface area contributed by atoms with Crippen molar-refractivity contribution in [3.63, 3.8) is 0 Å². The second kappa shape index (κ2) is 5.53. The number of ether oxygens (including phenoxy) is 3. The molecule has 0 aliphatic carbocycles. The molecule has 0 amide bonds. The molecule has 16 heavy (non-hydrogen) atoms. The summed E-state index contributed by atoms with van der Waals surface area (Å²) in [6.07, 6.45) is -0.0508. The molecule has 0 fully saturated rings. The number of hydrogen-bond acceptors (Lipinski definition) is 5. The molecule has 0 saturated heterocycles. The molecule has 1 rings (SSSR count). The molecule has 0 spiro atoms. The smallest absolute Gasteiger partial charge is 0.337 e. The Morgan fingerprint density at radius 1 is 1.50 bits per heavy atom. The summed E-state index contributed by atoms with van der Waals surface area (Å²) in [5.41, 5.74) is 0.444. The molecule has 1 atom stereocenters. The van der Waals surface area contributed by atoms with Crippen LogP contribution in [0, 0.1) is 0 Å². The third-order valence-electron chi connectivity index (χ3n) is 2.20. The Hall–Kier alpha value is -1.52. The fourth-order valence-electron chi connectivity index (χ4n) is 1.49. The SMILES string of the molecule is CCOC(=O)C1=C(C)OCC(OC(C)=O)C1. The molecule has 1 aliphatic rings. The second-order valence-corrected chi connectivity index (χ2v) is 3.50. The first-order valence-electron chi connectivity index (χ1n) is 5.21. The van der Waals surface area contributed by atoms with Crippen molar-refractivity contribution in [1.82, 2.24) is 0 Å². The van der Waals surface area contributed by atoms with E-state index in [2.05, 4.69) is 0 Å². The lowest BCUT2D eigenvalue weighted by atomic mass is 10.1. The number of allylic oxidation sites excluding steroid dienone is 1. The third kappa shape index (κ3) is 3.25. The molecule has 1 aliphatic heterocycles. The van der Waals surface area contributed by atoms with Crippen LogP contribution < -0.4 is 0 Å². The highest BCUT2D eigenvalue weighted by Crippen LogP contribution is 2.22. The maximum Gasteiger partial charge on any atom is 0.337 e. The number of hydrogen-bond donors (Lipinski definition) is 0. The van der Waals surface area contributed by atoms with Crippen LogP contribution in [0.1, 0.15) is 27.2 Å². The minimum Gasteiger partial charge on any atom is -0.494 e. The summed E-state index contributed by atoms with van der Waals surface area (Å²) in [6, 6.07) is 0. The Bertz CT molecular complexity index is 318. The molecular formula is C11H16O5. The van der Waals surface area contributed by atoms with Crippen molar-refractivity contribution >= 4 is 11.9 Å². The summed E-state index contributed by atoms with van der Waals surface area (Å²) in [6.45, 7) is 5.37. The van der Waals surface area contributed by atoms with Crippen molar-refractivity contribution in [3.8, 4) is 0 Å². The van der Waals surface area contributed by atoms with Gasteiger partial charge >= 0.3 is 11.9 Å². The van der Waals surface area contributed by atoms with E-state index in [0.717, 1.165) is 0 Å². The van der Waals surface area contributed by atoms with Gasteiger partial charge in [-0.05, 0) is 13.8 Å². The summed E-state index contributed by atoms with van der Waals surface area (Å²) >= 11 is 0. The van der Waals surface area contributed by atoms with Crippen molar-refractivity contribution in [2.45, 2.75) is 33.3 Å². The van der Waals surface area contributed by atoms with Gasteiger partial charge in [0.05, 0.1) is 12.2 Å². The molecular weight excluding hydrogens is 212 g/mol. The van der Waals surface area contributed by atoms with Crippen LogP contribution in [0.5, 0.6) is 0 Å². The van der Waals surface area contributed by atoms with Gasteiger partial charge < -0.3 is 14.2 Å². The minimum atomic E-state index is -0.406. The van der Waals surface area contributed by atoms with Crippen LogP contribution in [-0.4, -0.2) is 31.3 Å². The van der Waals surface area contributed by atoms with E-state index in [-0.39, 0.29) is 12.6 Å². The lowest BCUT2D eigenvalue weighted by Gasteiger charge is -2.25. The summed E-state index contributed by atoms with van der Waals surface area (Å²) in [4.78, 5) is 22.3. The van der Waals surface area contributed by atoms with Crippen molar-refractivity contribution < 1.29 is 23.8 Å². The average molecular weight is 228 g/mol. The number of carbonyl (C=O) groups is 2. The molecule has 0 saturated carbocycles. The fraction of sp³-hybridized carbons (Fsp3) is 0.636. The maximum atomic E-state index is 11.5. The van der Waals surface area contributed by atoms with E-state index >= 15 is 0 Å². The quantitative estimate of drug-likeness (QED) is 0.679. The minimum absolute atomic E-state index is 0.286. The molecule has 1 unspecified atom stereocenters. The highest BCUT2D eigenvalue weighted by atomic mass is 16.6. The zero-order valence-electron chi connectivity index (χ0n) is 9.74. The molecule has 0 bridgehead atoms. The van der Waals surface area contributed by atoms with E-state index in [1.807, 2.05) is 0 Å². The van der Waals surface area contributed by atoms with E-state index in [0.29, 0.717) is 24.4 Å². The van der Waals surface area contributed by atoms with E-state index in [1.165, 1.54) is 6.92 Å². The Morgan fingerprint density at radius 3 is 2.75 bits per heavy atom. The third-order valence-corrected chi connectivity index (χ3v) is 2.20. The fourth-order valence-corrected chi connectivity index (χ4v) is 1.49. The van der Waals surface area contributed by atoms with Gasteiger partial charge in [-0.1, -0.05) is 0 Å². The van der Waals surface area contributed by atoms with Crippen molar-refractivity contribution in [3.05, 3.63) is 11.3 Å². The van der Waals surface area contributed by atoms with Crippen LogP contribution in [0.3, 0.4) is 0 Å². The largest absolute Gasteiger partial charge is 0.494 e. The molecule has 0 aromatic rings. The van der Waals surface area contributed by atoms with Crippen molar-refractivity contribution in [1.29, 1.82) is 0 Å². The maximum absolute atomic E-state index is 11.5. The van der Waals surface area contributed by atoms with Crippen LogP contribution in [0.2, 0.25) is 0 Å². The van der Waals surface area contributed by atoms with E-state index < -0.39 is 12.1 Å². The monoisotopic (exact) mass is 228 g/mol. The average Bonchev–Trinajstić information content (AvgIpc) is 2.20. The Kier molecular flexibility index (Phi) is 4.34. The summed E-state index contributed by atoms with van der Waals surface area (Å²) in [7, 11) is 0. The van der Waals surface area contributed by atoms with Crippen LogP contribution >= 0.6 is 0 Å². The first-order valence-corrected chi connectivity index (χ1v) is 5.21. The standard InChI is InChI=1S/C11H16O5/c1-4-14-11(13)10-5-9(16-8(3)12)6-15-7(10)2/h9H,4-6H2,1-3H3. The molecule has 90 valence electrons. The molecule has 1 heterocycles. The molecule has 0 aromatic heterocycles. The normalized spacial score (nSPS) is 20.1. The van der Waals surface area contributed by atoms with E-state index in [9.17, 15) is 9.59 Å². The molecule has 5 heteroatoms. The van der Waals surface area contributed by atoms with Crippen molar-refractivity contribution in [2.75, 3.05) is 13.2 Å². The summed E-state index contributed by atoms with van der Waals surface area (Å²) in [5, 5.41) is 0. The highest BCUT2D eigenvalue weighted by Gasteiger charge is 2.27. The summed E-state index contributed by atoms with van der Waals surface area (Å²) in [5.74, 6) is -0.241. The molecule has 0 aromatic carbocycles. The van der Waals surface area contributed by atoms with Gasteiger partial charge in [0.25, 0.3) is 0 Å². The van der Waals surface area contributed by atoms with E-state index in [4.69, 9.17) is 14.2 Å². The first-order chi connectivity index (χ1) is 7.54. The number of esters is 2. The van der Waals surface area contributed by atoms with Gasteiger partial charge in [-0.25, -0.2) is 4.79 Å². The Labute approximate surface area is 94.4 Å². The zero-order chi connectivity index (χ0) is 12.1. The van der Waals surface area contributed by atoms with Gasteiger partial charge in [0.2, 0.25) is 0 Å². The van der Waals surface area contributed by atoms with Crippen molar-refractivity contribution in [2.24, 2.45) is 0 Å². The first kappa shape index (κ1) is 12.5. The topological polar surface area (TPSA) is 61.8 Å². The number of rotatable bonds is 3. The van der Waals surface area contributed by atoms with Crippen LogP contribution in [-0.2, 0) is 23.8 Å². The molecule has 0 radical (unpaired) electrons. The predicted octanol–water partition coefficient (Wildman–Crippen LogP) is 1.18. The van der Waals surface area contributed by atoms with Gasteiger partial charge in [0, 0.05) is 13.3 Å².